The number of carbonyl (C=O) groups excluding carboxylic acids is 2. The van der Waals surface area contributed by atoms with E-state index in [1.54, 1.807) is 18.2 Å². The van der Waals surface area contributed by atoms with E-state index in [1.807, 2.05) is 35.9 Å². The normalized spacial score (nSPS) is 14.2. The van der Waals surface area contributed by atoms with Crippen LogP contribution in [0.25, 0.3) is 21.0 Å². The van der Waals surface area contributed by atoms with E-state index in [2.05, 4.69) is 5.10 Å². The van der Waals surface area contributed by atoms with Gasteiger partial charge in [0.15, 0.2) is 0 Å². The van der Waals surface area contributed by atoms with Crippen molar-refractivity contribution in [3.63, 3.8) is 0 Å². The van der Waals surface area contributed by atoms with Gasteiger partial charge in [0.1, 0.15) is 0 Å². The zero-order valence-corrected chi connectivity index (χ0v) is 15.8. The maximum absolute atomic E-state index is 13.1. The van der Waals surface area contributed by atoms with E-state index in [-0.39, 0.29) is 22.2 Å². The Morgan fingerprint density at radius 1 is 0.966 bits per heavy atom. The van der Waals surface area contributed by atoms with Crippen molar-refractivity contribution in [3.8, 4) is 0 Å². The van der Waals surface area contributed by atoms with Gasteiger partial charge in [0.05, 0.1) is 31.7 Å². The fourth-order valence-electron chi connectivity index (χ4n) is 3.58. The number of nitro groups is 1. The summed E-state index contributed by atoms with van der Waals surface area (Å²) in [5.41, 5.74) is 1.22. The quantitative estimate of drug-likeness (QED) is 0.290. The first kappa shape index (κ1) is 17.3. The van der Waals surface area contributed by atoms with Crippen LogP contribution in [0.1, 0.15) is 20.7 Å². The predicted octanol–water partition coefficient (Wildman–Crippen LogP) is 3.41. The van der Waals surface area contributed by atoms with Gasteiger partial charge in [-0.3, -0.25) is 19.7 Å². The Kier molecular flexibility index (Phi) is 3.62. The Labute approximate surface area is 167 Å². The lowest BCUT2D eigenvalue weighted by atomic mass is 9.94. The molecule has 1 aliphatic heterocycles. The van der Waals surface area contributed by atoms with Crippen molar-refractivity contribution in [2.75, 3.05) is 0 Å². The fraction of sp³-hybridized carbons (Fsp3) is 0.0500. The Balaban J connectivity index is 1.74. The maximum Gasteiger partial charge on any atom is 0.282 e. The number of carbonyl (C=O) groups is 2. The molecule has 0 fully saturated rings. The number of non-ortho nitro benzene ring substituents is 1. The fourth-order valence-corrected chi connectivity index (χ4v) is 4.59. The van der Waals surface area contributed by atoms with Crippen LogP contribution in [0.4, 0.5) is 5.69 Å². The Morgan fingerprint density at radius 3 is 2.41 bits per heavy atom. The third kappa shape index (κ3) is 2.41. The molecule has 4 aromatic rings. The number of amides is 2. The topological polar surface area (TPSA) is 97.8 Å². The summed E-state index contributed by atoms with van der Waals surface area (Å²) in [7, 11) is 1.81. The molecule has 2 heterocycles. The largest absolute Gasteiger partial charge is 0.318 e. The minimum Gasteiger partial charge on any atom is -0.318 e. The number of rotatable bonds is 2. The number of hydrogen-bond donors (Lipinski definition) is 0. The van der Waals surface area contributed by atoms with Crippen LogP contribution in [0.3, 0.4) is 0 Å². The molecule has 0 aliphatic carbocycles. The second-order valence-corrected chi connectivity index (χ2v) is 7.56. The van der Waals surface area contributed by atoms with Crippen LogP contribution in [0.5, 0.6) is 0 Å². The van der Waals surface area contributed by atoms with Crippen molar-refractivity contribution in [1.29, 1.82) is 0 Å². The lowest BCUT2D eigenvalue weighted by Gasteiger charge is -2.22. The summed E-state index contributed by atoms with van der Waals surface area (Å²) in [6.45, 7) is 0. The van der Waals surface area contributed by atoms with Crippen molar-refractivity contribution >= 4 is 49.8 Å². The number of para-hydroxylation sites is 1. The Hall–Kier alpha value is -3.85. The lowest BCUT2D eigenvalue weighted by Crippen LogP contribution is -2.38. The molecule has 1 aromatic heterocycles. The third-order valence-electron chi connectivity index (χ3n) is 4.96. The molecule has 142 valence electrons. The molecule has 3 aromatic carbocycles. The Morgan fingerprint density at radius 2 is 1.69 bits per heavy atom. The third-order valence-corrected chi connectivity index (χ3v) is 6.06. The van der Waals surface area contributed by atoms with Gasteiger partial charge in [-0.05, 0) is 30.3 Å². The molecule has 2 amide bonds. The van der Waals surface area contributed by atoms with Gasteiger partial charge in [0.2, 0.25) is 4.80 Å². The van der Waals surface area contributed by atoms with Crippen LogP contribution in [0, 0.1) is 10.1 Å². The predicted molar refractivity (Wildman–Crippen MR) is 107 cm³/mol. The summed E-state index contributed by atoms with van der Waals surface area (Å²) < 4.78 is 2.79. The highest BCUT2D eigenvalue weighted by Crippen LogP contribution is 2.35. The van der Waals surface area contributed by atoms with Gasteiger partial charge in [-0.25, -0.2) is 0 Å². The molecule has 0 atom stereocenters. The molecule has 1 aliphatic rings. The average molecular weight is 404 g/mol. The number of nitro benzene ring substituents is 1. The van der Waals surface area contributed by atoms with E-state index in [0.29, 0.717) is 10.2 Å². The number of aryl methyl sites for hydroxylation is 1. The number of nitrogens with zero attached hydrogens (tertiary/aromatic N) is 4. The van der Waals surface area contributed by atoms with Gasteiger partial charge >= 0.3 is 0 Å². The lowest BCUT2D eigenvalue weighted by molar-refractivity contribution is -0.383. The monoisotopic (exact) mass is 404 g/mol. The average Bonchev–Trinajstić information content (AvgIpc) is 3.04. The minimum atomic E-state index is -0.606. The number of hydrogen-bond acceptors (Lipinski definition) is 6. The van der Waals surface area contributed by atoms with Gasteiger partial charge in [0, 0.05) is 18.5 Å². The second kappa shape index (κ2) is 6.08. The van der Waals surface area contributed by atoms with Crippen LogP contribution in [0.15, 0.2) is 59.7 Å². The number of imide groups is 1. The highest BCUT2D eigenvalue weighted by molar-refractivity contribution is 7.16. The first-order valence-corrected chi connectivity index (χ1v) is 9.47. The van der Waals surface area contributed by atoms with Crippen LogP contribution in [-0.2, 0) is 7.05 Å². The molecule has 0 spiro atoms. The number of aromatic nitrogens is 1. The summed E-state index contributed by atoms with van der Waals surface area (Å²) in [4.78, 5) is 37.4. The highest BCUT2D eigenvalue weighted by atomic mass is 32.1. The van der Waals surface area contributed by atoms with Crippen molar-refractivity contribution in [1.82, 2.24) is 9.58 Å². The van der Waals surface area contributed by atoms with Crippen molar-refractivity contribution in [3.05, 3.63) is 80.6 Å². The molecule has 0 radical (unpaired) electrons. The summed E-state index contributed by atoms with van der Waals surface area (Å²) >= 11 is 1.36. The van der Waals surface area contributed by atoms with Crippen LogP contribution < -0.4 is 4.80 Å². The summed E-state index contributed by atoms with van der Waals surface area (Å²) in [5, 5.41) is 17.1. The zero-order valence-electron chi connectivity index (χ0n) is 15.0. The Bertz CT molecular complexity index is 1430. The van der Waals surface area contributed by atoms with Gasteiger partial charge in [-0.2, -0.15) is 5.01 Å². The van der Waals surface area contributed by atoms with Crippen molar-refractivity contribution in [2.24, 2.45) is 12.1 Å². The van der Waals surface area contributed by atoms with Crippen LogP contribution in [-0.4, -0.2) is 26.3 Å². The van der Waals surface area contributed by atoms with E-state index < -0.39 is 16.7 Å². The summed E-state index contributed by atoms with van der Waals surface area (Å²) in [6, 6.07) is 15.0. The maximum atomic E-state index is 13.1. The van der Waals surface area contributed by atoms with Crippen molar-refractivity contribution in [2.45, 2.75) is 0 Å². The van der Waals surface area contributed by atoms with Crippen LogP contribution >= 0.6 is 11.3 Å². The minimum absolute atomic E-state index is 0.146. The van der Waals surface area contributed by atoms with Crippen molar-refractivity contribution < 1.29 is 14.5 Å². The number of benzene rings is 3. The van der Waals surface area contributed by atoms with Gasteiger partial charge in [0.25, 0.3) is 17.5 Å². The van der Waals surface area contributed by atoms with E-state index >= 15 is 0 Å². The first-order valence-electron chi connectivity index (χ1n) is 8.65. The molecule has 0 saturated carbocycles. The smallest absolute Gasteiger partial charge is 0.282 e. The van der Waals surface area contributed by atoms with E-state index in [4.69, 9.17) is 0 Å². The molecular formula is C20H12N4O4S. The second-order valence-electron chi connectivity index (χ2n) is 6.55. The SMILES string of the molecule is Cn1c(=NN2C(=O)c3cccc4c([N+](=O)[O-])ccc(c34)C2=O)sc2ccccc21. The molecule has 29 heavy (non-hydrogen) atoms. The van der Waals surface area contributed by atoms with E-state index in [9.17, 15) is 19.7 Å². The molecule has 5 rings (SSSR count). The molecule has 0 saturated heterocycles. The van der Waals surface area contributed by atoms with E-state index in [0.717, 1.165) is 15.2 Å². The van der Waals surface area contributed by atoms with E-state index in [1.165, 1.54) is 23.5 Å². The molecule has 9 heteroatoms. The summed E-state index contributed by atoms with van der Waals surface area (Å²) in [5.74, 6) is -1.21. The van der Waals surface area contributed by atoms with Gasteiger partial charge in [-0.1, -0.05) is 29.5 Å². The highest BCUT2D eigenvalue weighted by Gasteiger charge is 2.35. The number of fused-ring (bicyclic) bond motifs is 1. The molecule has 8 nitrogen and oxygen atoms in total. The molecule has 0 unspecified atom stereocenters. The zero-order chi connectivity index (χ0) is 20.3. The molecule has 0 bridgehead atoms. The van der Waals surface area contributed by atoms with Gasteiger partial charge in [-0.15, -0.1) is 5.10 Å². The van der Waals surface area contributed by atoms with Crippen LogP contribution in [0.2, 0.25) is 0 Å². The first-order chi connectivity index (χ1) is 14.0. The molecule has 0 N–H and O–H groups in total. The molecular weight excluding hydrogens is 392 g/mol. The standard InChI is InChI=1S/C20H12N4O4S/c1-22-15-7-2-3-8-16(15)29-20(22)21-23-18(25)12-6-4-5-11-14(24(27)28)10-9-13(17(11)12)19(23)26/h2-10H,1H3. The van der Waals surface area contributed by atoms with Gasteiger partial charge < -0.3 is 4.57 Å². The summed E-state index contributed by atoms with van der Waals surface area (Å²) in [6.07, 6.45) is 0. The number of thiazole rings is 1.